The third-order valence-electron chi connectivity index (χ3n) is 6.02. The van der Waals surface area contributed by atoms with E-state index >= 15 is 0 Å². The second-order valence-corrected chi connectivity index (χ2v) is 8.39. The number of anilines is 1. The number of hydrazone groups is 1. The van der Waals surface area contributed by atoms with Gasteiger partial charge in [-0.1, -0.05) is 35.5 Å². The van der Waals surface area contributed by atoms with Gasteiger partial charge in [0.1, 0.15) is 5.76 Å². The first-order chi connectivity index (χ1) is 17.2. The van der Waals surface area contributed by atoms with Gasteiger partial charge in [-0.25, -0.2) is 10.1 Å². The van der Waals surface area contributed by atoms with Crippen LogP contribution >= 0.6 is 0 Å². The molecule has 12 nitrogen and oxygen atoms in total. The molecule has 0 bridgehead atoms. The molecule has 180 valence electrons. The largest absolute Gasteiger partial charge is 0.463 e. The summed E-state index contributed by atoms with van der Waals surface area (Å²) in [6.45, 7) is 2.20. The molecule has 1 aliphatic rings. The molecule has 0 spiro atoms. The van der Waals surface area contributed by atoms with Crippen molar-refractivity contribution in [3.63, 3.8) is 0 Å². The Morgan fingerprint density at radius 3 is 2.71 bits per heavy atom. The number of carbonyl (C=O) groups excluding carboxylic acids is 1. The van der Waals surface area contributed by atoms with Crippen molar-refractivity contribution in [2.75, 3.05) is 18.8 Å². The minimum Gasteiger partial charge on any atom is -0.463 e. The molecule has 5 rings (SSSR count). The van der Waals surface area contributed by atoms with Gasteiger partial charge < -0.3 is 10.2 Å². The highest BCUT2D eigenvalue weighted by atomic mass is 16.6. The van der Waals surface area contributed by atoms with Crippen LogP contribution < -0.4 is 11.2 Å². The summed E-state index contributed by atoms with van der Waals surface area (Å²) in [5.74, 6) is 0.855. The predicted octanol–water partition coefficient (Wildman–Crippen LogP) is 2.04. The molecule has 0 saturated carbocycles. The smallest absolute Gasteiger partial charge is 0.293 e. The highest BCUT2D eigenvalue weighted by Crippen LogP contribution is 2.24. The number of amides is 1. The monoisotopic (exact) mass is 475 g/mol. The van der Waals surface area contributed by atoms with Gasteiger partial charge in [0, 0.05) is 6.54 Å². The van der Waals surface area contributed by atoms with E-state index in [-0.39, 0.29) is 17.3 Å². The number of hydrogen-bond acceptors (Lipinski definition) is 10. The Kier molecular flexibility index (Phi) is 6.61. The van der Waals surface area contributed by atoms with Crippen LogP contribution in [0.15, 0.2) is 62.9 Å². The van der Waals surface area contributed by atoms with Crippen molar-refractivity contribution in [2.24, 2.45) is 11.0 Å². The van der Waals surface area contributed by atoms with Crippen LogP contribution in [0.1, 0.15) is 40.3 Å². The van der Waals surface area contributed by atoms with Gasteiger partial charge >= 0.3 is 0 Å². The van der Waals surface area contributed by atoms with E-state index in [9.17, 15) is 4.79 Å². The maximum Gasteiger partial charge on any atom is 0.293 e. The van der Waals surface area contributed by atoms with E-state index in [1.165, 1.54) is 22.7 Å². The molecule has 4 heterocycles. The Hall–Kier alpha value is -4.32. The van der Waals surface area contributed by atoms with Crippen LogP contribution in [-0.2, 0) is 13.0 Å². The maximum absolute atomic E-state index is 12.9. The number of nitrogens with two attached hydrogens (primary N) is 1. The molecule has 1 fully saturated rings. The summed E-state index contributed by atoms with van der Waals surface area (Å²) in [6, 6.07) is 14.0. The normalized spacial score (nSPS) is 15.1. The van der Waals surface area contributed by atoms with Crippen LogP contribution in [0, 0.1) is 5.92 Å². The van der Waals surface area contributed by atoms with Crippen LogP contribution in [0.3, 0.4) is 0 Å². The Bertz CT molecular complexity index is 1270. The van der Waals surface area contributed by atoms with Crippen LogP contribution in [0.2, 0.25) is 0 Å². The number of hydrogen-bond donors (Lipinski definition) is 2. The maximum atomic E-state index is 12.9. The van der Waals surface area contributed by atoms with Gasteiger partial charge in [-0.15, -0.1) is 5.10 Å². The number of nitrogen functional groups attached to an aromatic ring is 1. The van der Waals surface area contributed by atoms with Gasteiger partial charge in [0.05, 0.1) is 18.2 Å². The lowest BCUT2D eigenvalue weighted by molar-refractivity contribution is 0.0946. The van der Waals surface area contributed by atoms with Gasteiger partial charge in [0.25, 0.3) is 5.91 Å². The van der Waals surface area contributed by atoms with E-state index in [1.54, 1.807) is 12.1 Å². The standard InChI is InChI=1S/C23H25N9O3/c24-21-22(29-35-28-21)32-19(20(26-30-32)23(33)27-25-14-18-7-4-12-34-18)15-31-10-8-17(9-11-31)13-16-5-2-1-3-6-16/h1-7,12,14,17H,8-11,13,15H2,(H2,24,28)(H,27,33)/b25-14+. The molecule has 35 heavy (non-hydrogen) atoms. The number of nitrogens with zero attached hydrogens (tertiary/aromatic N) is 7. The zero-order valence-corrected chi connectivity index (χ0v) is 18.9. The molecular weight excluding hydrogens is 450 g/mol. The van der Waals surface area contributed by atoms with E-state index in [1.807, 2.05) is 6.07 Å². The highest BCUT2D eigenvalue weighted by Gasteiger charge is 2.27. The lowest BCUT2D eigenvalue weighted by atomic mass is 9.90. The molecule has 1 amide bonds. The van der Waals surface area contributed by atoms with Gasteiger partial charge in [-0.05, 0) is 66.3 Å². The second kappa shape index (κ2) is 10.3. The van der Waals surface area contributed by atoms with Crippen molar-refractivity contribution in [3.05, 3.63) is 71.4 Å². The molecule has 0 atom stereocenters. The van der Waals surface area contributed by atoms with Gasteiger partial charge in [0.15, 0.2) is 5.69 Å². The zero-order chi connectivity index (χ0) is 24.0. The third-order valence-corrected chi connectivity index (χ3v) is 6.02. The van der Waals surface area contributed by atoms with E-state index in [4.69, 9.17) is 14.8 Å². The number of benzene rings is 1. The molecule has 0 radical (unpaired) electrons. The topological polar surface area (TPSA) is 153 Å². The van der Waals surface area contributed by atoms with Gasteiger partial charge in [-0.3, -0.25) is 9.69 Å². The number of aromatic nitrogens is 5. The molecule has 1 aliphatic heterocycles. The van der Waals surface area contributed by atoms with Crippen molar-refractivity contribution in [1.82, 2.24) is 35.6 Å². The molecule has 0 unspecified atom stereocenters. The van der Waals surface area contributed by atoms with Crippen molar-refractivity contribution >= 4 is 17.9 Å². The first kappa shape index (κ1) is 22.5. The lowest BCUT2D eigenvalue weighted by Crippen LogP contribution is -2.35. The van der Waals surface area contributed by atoms with E-state index < -0.39 is 5.91 Å². The first-order valence-corrected chi connectivity index (χ1v) is 11.3. The number of nitrogens with one attached hydrogen (secondary N) is 1. The third kappa shape index (κ3) is 5.27. The number of rotatable bonds is 8. The fourth-order valence-corrected chi connectivity index (χ4v) is 4.21. The predicted molar refractivity (Wildman–Crippen MR) is 126 cm³/mol. The van der Waals surface area contributed by atoms with Crippen LogP contribution in [-0.4, -0.2) is 55.4 Å². The zero-order valence-electron chi connectivity index (χ0n) is 18.9. The summed E-state index contributed by atoms with van der Waals surface area (Å²) in [5.41, 5.74) is 10.4. The number of piperidine rings is 1. The molecule has 12 heteroatoms. The fourth-order valence-electron chi connectivity index (χ4n) is 4.21. The highest BCUT2D eigenvalue weighted by molar-refractivity contribution is 5.94. The molecule has 1 saturated heterocycles. The van der Waals surface area contributed by atoms with Crippen LogP contribution in [0.5, 0.6) is 0 Å². The van der Waals surface area contributed by atoms with Crippen LogP contribution in [0.4, 0.5) is 5.82 Å². The number of carbonyl (C=O) groups is 1. The van der Waals surface area contributed by atoms with E-state index in [0.29, 0.717) is 23.9 Å². The minimum atomic E-state index is -0.511. The molecule has 3 N–H and O–H groups in total. The Labute approximate surface area is 200 Å². The molecular formula is C23H25N9O3. The second-order valence-electron chi connectivity index (χ2n) is 8.39. The lowest BCUT2D eigenvalue weighted by Gasteiger charge is -2.32. The Morgan fingerprint density at radius 2 is 2.00 bits per heavy atom. The van der Waals surface area contributed by atoms with E-state index in [0.717, 1.165) is 32.4 Å². The quantitative estimate of drug-likeness (QED) is 0.288. The Morgan fingerprint density at radius 1 is 1.17 bits per heavy atom. The average Bonchev–Trinajstić information content (AvgIpc) is 3.63. The van der Waals surface area contributed by atoms with Gasteiger partial charge in [0.2, 0.25) is 11.6 Å². The van der Waals surface area contributed by atoms with E-state index in [2.05, 4.69) is 60.3 Å². The van der Waals surface area contributed by atoms with Crippen molar-refractivity contribution in [2.45, 2.75) is 25.8 Å². The summed E-state index contributed by atoms with van der Waals surface area (Å²) in [5, 5.41) is 19.6. The Balaban J connectivity index is 1.30. The molecule has 4 aromatic rings. The number of likely N-dealkylation sites (tertiary alicyclic amines) is 1. The fraction of sp³-hybridized carbons (Fsp3) is 0.304. The summed E-state index contributed by atoms with van der Waals surface area (Å²) < 4.78 is 11.3. The molecule has 3 aromatic heterocycles. The minimum absolute atomic E-state index is 0.0560. The summed E-state index contributed by atoms with van der Waals surface area (Å²) >= 11 is 0. The van der Waals surface area contributed by atoms with Crippen molar-refractivity contribution in [1.29, 1.82) is 0 Å². The molecule has 1 aromatic carbocycles. The first-order valence-electron chi connectivity index (χ1n) is 11.3. The SMILES string of the molecule is Nc1nonc1-n1nnc(C(=O)N/N=C/c2ccco2)c1CN1CCC(Cc2ccccc2)CC1. The average molecular weight is 476 g/mol. The van der Waals surface area contributed by atoms with Gasteiger partial charge in [-0.2, -0.15) is 9.78 Å². The summed E-state index contributed by atoms with van der Waals surface area (Å²) in [4.78, 5) is 15.1. The summed E-state index contributed by atoms with van der Waals surface area (Å²) in [7, 11) is 0. The molecule has 0 aliphatic carbocycles. The van der Waals surface area contributed by atoms with Crippen molar-refractivity contribution in [3.8, 4) is 5.82 Å². The summed E-state index contributed by atoms with van der Waals surface area (Å²) in [6.07, 6.45) is 6.10. The van der Waals surface area contributed by atoms with Crippen molar-refractivity contribution < 1.29 is 13.8 Å². The van der Waals surface area contributed by atoms with Crippen LogP contribution in [0.25, 0.3) is 5.82 Å². The number of furan rings is 1.